The summed E-state index contributed by atoms with van der Waals surface area (Å²) in [5.74, 6) is 0. The molecule has 0 bridgehead atoms. The predicted molar refractivity (Wildman–Crippen MR) is 38.5 cm³/mol. The minimum Gasteiger partial charge on any atom is -0.341 e. The van der Waals surface area contributed by atoms with Crippen LogP contribution in [0.3, 0.4) is 0 Å². The van der Waals surface area contributed by atoms with E-state index in [1.54, 1.807) is 6.20 Å². The predicted octanol–water partition coefficient (Wildman–Crippen LogP) is 1.33. The van der Waals surface area contributed by atoms with Gasteiger partial charge in [0, 0.05) is 11.6 Å². The highest BCUT2D eigenvalue weighted by molar-refractivity contribution is 7.03. The molecule has 0 atom stereocenters. The molecule has 2 aromatic heterocycles. The van der Waals surface area contributed by atoms with Gasteiger partial charge < -0.3 is 4.98 Å². The molecular weight excluding hydrogens is 146 g/mol. The lowest BCUT2D eigenvalue weighted by Crippen LogP contribution is -1.72. The summed E-state index contributed by atoms with van der Waals surface area (Å²) in [6.45, 7) is 0. The second-order valence-corrected chi connectivity index (χ2v) is 2.45. The first-order valence-corrected chi connectivity index (χ1v) is 3.63. The van der Waals surface area contributed by atoms with Crippen LogP contribution in [-0.2, 0) is 0 Å². The topological polar surface area (TPSA) is 41.6 Å². The van der Waals surface area contributed by atoms with Gasteiger partial charge in [0.2, 0.25) is 0 Å². The van der Waals surface area contributed by atoms with Gasteiger partial charge in [-0.2, -0.15) is 4.37 Å². The number of rotatable bonds is 1. The van der Waals surface area contributed by atoms with E-state index in [-0.39, 0.29) is 0 Å². The molecule has 1 radical (unpaired) electrons. The molecule has 1 N–H and O–H groups in total. The molecule has 0 aliphatic rings. The second-order valence-electron chi connectivity index (χ2n) is 1.78. The summed E-state index contributed by atoms with van der Waals surface area (Å²) < 4.78 is 4.10. The first-order chi connectivity index (χ1) is 4.97. The Morgan fingerprint density at radius 3 is 3.10 bits per heavy atom. The minimum absolute atomic E-state index is 0.848. The fourth-order valence-corrected chi connectivity index (χ4v) is 1.22. The van der Waals surface area contributed by atoms with Crippen LogP contribution in [0.5, 0.6) is 0 Å². The van der Waals surface area contributed by atoms with E-state index in [4.69, 9.17) is 0 Å². The van der Waals surface area contributed by atoms with Crippen LogP contribution >= 0.6 is 11.5 Å². The third-order valence-corrected chi connectivity index (χ3v) is 1.71. The molecule has 0 amide bonds. The maximum absolute atomic E-state index is 4.10. The number of nitrogens with zero attached hydrogens (tertiary/aromatic N) is 2. The van der Waals surface area contributed by atoms with Gasteiger partial charge in [0.05, 0.1) is 0 Å². The maximum Gasteiger partial charge on any atom is 0.174 e. The smallest absolute Gasteiger partial charge is 0.174 e. The number of hydrogen-bond acceptors (Lipinski definition) is 3. The monoisotopic (exact) mass is 150 g/mol. The third kappa shape index (κ3) is 0.823. The molecule has 0 spiro atoms. The number of hydrogen-bond donors (Lipinski definition) is 1. The lowest BCUT2D eigenvalue weighted by Gasteiger charge is -1.81. The summed E-state index contributed by atoms with van der Waals surface area (Å²) in [6, 6.07) is 1.93. The van der Waals surface area contributed by atoms with Crippen LogP contribution in [-0.4, -0.2) is 14.3 Å². The van der Waals surface area contributed by atoms with E-state index in [0.717, 1.165) is 11.4 Å². The number of H-pyrrole nitrogens is 1. The van der Waals surface area contributed by atoms with Crippen LogP contribution in [0.15, 0.2) is 17.6 Å². The Kier molecular flexibility index (Phi) is 1.25. The zero-order chi connectivity index (χ0) is 6.81. The molecule has 0 saturated heterocycles. The molecule has 2 heterocycles. The molecule has 0 fully saturated rings. The third-order valence-electron chi connectivity index (χ3n) is 1.15. The Hall–Kier alpha value is -1.16. The van der Waals surface area contributed by atoms with E-state index < -0.39 is 0 Å². The van der Waals surface area contributed by atoms with E-state index in [9.17, 15) is 0 Å². The Balaban J connectivity index is 2.48. The van der Waals surface area contributed by atoms with E-state index >= 15 is 0 Å². The largest absolute Gasteiger partial charge is 0.341 e. The lowest BCUT2D eigenvalue weighted by atomic mass is 10.3. The molecule has 2 aromatic rings. The van der Waals surface area contributed by atoms with Gasteiger partial charge in [-0.3, -0.25) is 0 Å². The van der Waals surface area contributed by atoms with Crippen molar-refractivity contribution in [1.82, 2.24) is 14.3 Å². The van der Waals surface area contributed by atoms with E-state index in [0.29, 0.717) is 0 Å². The molecular formula is C6H4N3S. The molecule has 0 aliphatic carbocycles. The molecule has 2 rings (SSSR count). The number of imidazole rings is 1. The van der Waals surface area contributed by atoms with Gasteiger partial charge in [-0.15, -0.1) is 0 Å². The van der Waals surface area contributed by atoms with Crippen LogP contribution < -0.4 is 0 Å². The average Bonchev–Trinajstić information content (AvgIpc) is 2.59. The van der Waals surface area contributed by atoms with Crippen molar-refractivity contribution >= 4 is 11.5 Å². The summed E-state index contributed by atoms with van der Waals surface area (Å²) in [5, 5.41) is 1.92. The van der Waals surface area contributed by atoms with Gasteiger partial charge in [0.25, 0.3) is 0 Å². The van der Waals surface area contributed by atoms with Crippen LogP contribution in [0, 0.1) is 6.33 Å². The van der Waals surface area contributed by atoms with Crippen molar-refractivity contribution < 1.29 is 0 Å². The zero-order valence-corrected chi connectivity index (χ0v) is 5.85. The van der Waals surface area contributed by atoms with Crippen molar-refractivity contribution in [3.8, 4) is 11.4 Å². The minimum atomic E-state index is 0.848. The lowest BCUT2D eigenvalue weighted by molar-refractivity contribution is 1.28. The van der Waals surface area contributed by atoms with Gasteiger partial charge in [-0.25, -0.2) is 4.98 Å². The molecule has 10 heavy (non-hydrogen) atoms. The number of aromatic nitrogens is 3. The normalized spacial score (nSPS) is 10.0. The van der Waals surface area contributed by atoms with Gasteiger partial charge in [-0.1, -0.05) is 0 Å². The fourth-order valence-electron chi connectivity index (χ4n) is 0.701. The highest BCUT2D eigenvalue weighted by atomic mass is 32.1. The van der Waals surface area contributed by atoms with Crippen LogP contribution in [0.2, 0.25) is 0 Å². The van der Waals surface area contributed by atoms with Crippen molar-refractivity contribution in [1.29, 1.82) is 0 Å². The molecule has 0 aromatic carbocycles. The Bertz CT molecular complexity index is 252. The van der Waals surface area contributed by atoms with Crippen LogP contribution in [0.25, 0.3) is 11.4 Å². The molecule has 0 unspecified atom stereocenters. The summed E-state index contributed by atoms with van der Waals surface area (Å²) in [7, 11) is 0. The van der Waals surface area contributed by atoms with Gasteiger partial charge in [0.1, 0.15) is 11.4 Å². The van der Waals surface area contributed by atoms with Crippen molar-refractivity contribution in [2.75, 3.05) is 0 Å². The van der Waals surface area contributed by atoms with E-state index in [1.165, 1.54) is 11.5 Å². The van der Waals surface area contributed by atoms with Crippen LogP contribution in [0.1, 0.15) is 0 Å². The molecule has 3 nitrogen and oxygen atoms in total. The molecule has 0 aliphatic heterocycles. The number of nitrogens with one attached hydrogen (secondary N) is 1. The quantitative estimate of drug-likeness (QED) is 0.666. The summed E-state index contributed by atoms with van der Waals surface area (Å²) in [4.78, 5) is 6.67. The first kappa shape index (κ1) is 5.61. The van der Waals surface area contributed by atoms with E-state index in [2.05, 4.69) is 20.7 Å². The van der Waals surface area contributed by atoms with Crippen molar-refractivity contribution in [3.63, 3.8) is 0 Å². The zero-order valence-electron chi connectivity index (χ0n) is 5.03. The molecule has 0 saturated carbocycles. The Morgan fingerprint density at radius 1 is 1.50 bits per heavy atom. The number of aromatic amines is 1. The van der Waals surface area contributed by atoms with Gasteiger partial charge in [0.15, 0.2) is 6.33 Å². The second kappa shape index (κ2) is 2.22. The molecule has 49 valence electrons. The fraction of sp³-hybridized carbons (Fsp3) is 0. The summed E-state index contributed by atoms with van der Waals surface area (Å²) in [6.07, 6.45) is 4.38. The van der Waals surface area contributed by atoms with Gasteiger partial charge >= 0.3 is 0 Å². The highest BCUT2D eigenvalue weighted by Crippen LogP contribution is 2.13. The van der Waals surface area contributed by atoms with Crippen molar-refractivity contribution in [3.05, 3.63) is 24.0 Å². The van der Waals surface area contributed by atoms with Crippen LogP contribution in [0.4, 0.5) is 0 Å². The average molecular weight is 150 g/mol. The SMILES string of the molecule is [c]1nc(-c2ccsn2)c[nH]1. The van der Waals surface area contributed by atoms with Crippen molar-refractivity contribution in [2.45, 2.75) is 0 Å². The Labute approximate surface area is 61.9 Å². The standard InChI is InChI=1S/C6H4N3S/c1-2-10-9-5(1)6-3-7-4-8-6/h1-3H,(H,7,8). The summed E-state index contributed by atoms with van der Waals surface area (Å²) in [5.41, 5.74) is 1.75. The van der Waals surface area contributed by atoms with Crippen molar-refractivity contribution in [2.24, 2.45) is 0 Å². The maximum atomic E-state index is 4.10. The van der Waals surface area contributed by atoms with Gasteiger partial charge in [-0.05, 0) is 17.6 Å². The molecule has 4 heteroatoms. The van der Waals surface area contributed by atoms with E-state index in [1.807, 2.05) is 11.4 Å². The highest BCUT2D eigenvalue weighted by Gasteiger charge is 1.99. The summed E-state index contributed by atoms with van der Waals surface area (Å²) >= 11 is 1.42. The Morgan fingerprint density at radius 2 is 2.50 bits per heavy atom. The first-order valence-electron chi connectivity index (χ1n) is 2.79.